The molecule has 28 heavy (non-hydrogen) atoms. The van der Waals surface area contributed by atoms with Gasteiger partial charge in [-0.05, 0) is 63.6 Å². The monoisotopic (exact) mass is 376 g/mol. The highest BCUT2D eigenvalue weighted by molar-refractivity contribution is 5.95. The van der Waals surface area contributed by atoms with E-state index in [1.54, 1.807) is 0 Å². The highest BCUT2D eigenvalue weighted by atomic mass is 16.2. The quantitative estimate of drug-likeness (QED) is 0.877. The second-order valence-electron chi connectivity index (χ2n) is 9.21. The molecule has 0 radical (unpaired) electrons. The van der Waals surface area contributed by atoms with Crippen LogP contribution in [0.1, 0.15) is 58.1 Å². The lowest BCUT2D eigenvalue weighted by Gasteiger charge is -2.51. The lowest BCUT2D eigenvalue weighted by atomic mass is 9.75. The molecule has 5 aliphatic rings. The van der Waals surface area contributed by atoms with Crippen molar-refractivity contribution < 1.29 is 4.79 Å². The highest BCUT2D eigenvalue weighted by Crippen LogP contribution is 2.47. The van der Waals surface area contributed by atoms with Gasteiger partial charge in [0.15, 0.2) is 5.69 Å². The molecule has 1 aromatic heterocycles. The molecule has 1 aromatic carbocycles. The molecular weight excluding hydrogens is 348 g/mol. The van der Waals surface area contributed by atoms with Crippen molar-refractivity contribution in [3.05, 3.63) is 52.3 Å². The van der Waals surface area contributed by atoms with Gasteiger partial charge in [0.2, 0.25) is 0 Å². The number of fused-ring (bicyclic) bond motifs is 3. The van der Waals surface area contributed by atoms with Gasteiger partial charge in [-0.25, -0.2) is 0 Å². The average molecular weight is 377 g/mol. The van der Waals surface area contributed by atoms with Gasteiger partial charge in [-0.1, -0.05) is 29.8 Å². The number of benzene rings is 1. The molecule has 1 amide bonds. The summed E-state index contributed by atoms with van der Waals surface area (Å²) in [5.74, 6) is 1.21. The first-order chi connectivity index (χ1) is 13.7. The van der Waals surface area contributed by atoms with Gasteiger partial charge in [0.05, 0.1) is 6.04 Å². The Morgan fingerprint density at radius 1 is 1.11 bits per heavy atom. The van der Waals surface area contributed by atoms with Crippen molar-refractivity contribution in [3.63, 3.8) is 0 Å². The zero-order chi connectivity index (χ0) is 18.8. The summed E-state index contributed by atoms with van der Waals surface area (Å²) in [4.78, 5) is 18.5. The standard InChI is InChI=1S/C23H28N4O/c1-14-5-7-15(8-6-14)18-13-27(21-16-9-11-26(12-10-16)22(18)21)23(28)20-17-3-2-4-19(17)24-25-20/h5-8,16,18,21-22H,2-4,9-13H2,1H3,(H,24,25). The van der Waals surface area contributed by atoms with Crippen LogP contribution in [0.4, 0.5) is 0 Å². The van der Waals surface area contributed by atoms with Crippen LogP contribution in [0.15, 0.2) is 24.3 Å². The van der Waals surface area contributed by atoms with Crippen molar-refractivity contribution in [1.82, 2.24) is 20.0 Å². The van der Waals surface area contributed by atoms with Gasteiger partial charge in [-0.15, -0.1) is 0 Å². The van der Waals surface area contributed by atoms with Crippen LogP contribution in [0, 0.1) is 12.8 Å². The molecule has 5 heteroatoms. The maximum atomic E-state index is 13.7. The molecular formula is C23H28N4O. The Morgan fingerprint density at radius 2 is 1.89 bits per heavy atom. The minimum Gasteiger partial charge on any atom is -0.332 e. The van der Waals surface area contributed by atoms with Crippen LogP contribution in [0.25, 0.3) is 0 Å². The van der Waals surface area contributed by atoms with Crippen LogP contribution in [-0.4, -0.2) is 57.6 Å². The largest absolute Gasteiger partial charge is 0.332 e. The molecule has 7 rings (SSSR count). The van der Waals surface area contributed by atoms with Gasteiger partial charge in [0.25, 0.3) is 5.91 Å². The first-order valence-electron chi connectivity index (χ1n) is 10.9. The highest BCUT2D eigenvalue weighted by Gasteiger charge is 2.55. The SMILES string of the molecule is Cc1ccc(C2CN(C(=O)c3n[nH]c4c3CCC4)C3C4CCN(CC4)C23)cc1. The minimum atomic E-state index is 0.165. The van der Waals surface area contributed by atoms with E-state index in [0.717, 1.165) is 25.8 Å². The lowest BCUT2D eigenvalue weighted by molar-refractivity contribution is -0.00361. The Morgan fingerprint density at radius 3 is 2.68 bits per heavy atom. The fourth-order valence-electron chi connectivity index (χ4n) is 6.39. The summed E-state index contributed by atoms with van der Waals surface area (Å²) < 4.78 is 0. The first kappa shape index (κ1) is 16.8. The van der Waals surface area contributed by atoms with Crippen molar-refractivity contribution in [1.29, 1.82) is 0 Å². The first-order valence-corrected chi connectivity index (χ1v) is 10.9. The van der Waals surface area contributed by atoms with Gasteiger partial charge >= 0.3 is 0 Å². The topological polar surface area (TPSA) is 52.2 Å². The van der Waals surface area contributed by atoms with E-state index in [2.05, 4.69) is 51.2 Å². The third-order valence-corrected chi connectivity index (χ3v) is 7.77. The predicted octanol–water partition coefficient (Wildman–Crippen LogP) is 2.91. The second-order valence-corrected chi connectivity index (χ2v) is 9.21. The number of H-pyrrole nitrogens is 1. The van der Waals surface area contributed by atoms with Crippen LogP contribution in [0.5, 0.6) is 0 Å². The van der Waals surface area contributed by atoms with E-state index < -0.39 is 0 Å². The van der Waals surface area contributed by atoms with E-state index in [0.29, 0.717) is 29.6 Å². The van der Waals surface area contributed by atoms with Crippen LogP contribution >= 0.6 is 0 Å². The molecule has 2 bridgehead atoms. The number of aromatic amines is 1. The van der Waals surface area contributed by atoms with E-state index in [4.69, 9.17) is 0 Å². The minimum absolute atomic E-state index is 0.165. The van der Waals surface area contributed by atoms with Crippen molar-refractivity contribution in [3.8, 4) is 0 Å². The van der Waals surface area contributed by atoms with E-state index in [1.807, 2.05) is 0 Å². The molecule has 4 fully saturated rings. The Labute approximate surface area is 166 Å². The Balaban J connectivity index is 1.38. The van der Waals surface area contributed by atoms with E-state index in [-0.39, 0.29) is 5.91 Å². The number of carbonyl (C=O) groups is 1. The second kappa shape index (κ2) is 6.18. The molecule has 0 spiro atoms. The van der Waals surface area contributed by atoms with Crippen LogP contribution in [0.2, 0.25) is 0 Å². The number of hydrogen-bond donors (Lipinski definition) is 1. The Kier molecular flexibility index (Phi) is 3.70. The molecule has 146 valence electrons. The summed E-state index contributed by atoms with van der Waals surface area (Å²) in [5.41, 5.74) is 5.75. The average Bonchev–Trinajstić information content (AvgIpc) is 3.44. The van der Waals surface area contributed by atoms with E-state index in [9.17, 15) is 4.79 Å². The summed E-state index contributed by atoms with van der Waals surface area (Å²) in [6.07, 6.45) is 5.61. The molecule has 4 aliphatic heterocycles. The number of hydrogen-bond acceptors (Lipinski definition) is 3. The Bertz CT molecular complexity index is 909. The summed E-state index contributed by atoms with van der Waals surface area (Å²) in [6, 6.07) is 9.79. The van der Waals surface area contributed by atoms with Crippen molar-refractivity contribution in [2.75, 3.05) is 19.6 Å². The zero-order valence-electron chi connectivity index (χ0n) is 16.5. The molecule has 3 atom stereocenters. The summed E-state index contributed by atoms with van der Waals surface area (Å²) in [5, 5.41) is 7.60. The van der Waals surface area contributed by atoms with Crippen LogP contribution in [-0.2, 0) is 12.8 Å². The van der Waals surface area contributed by atoms with Gasteiger partial charge in [0.1, 0.15) is 0 Å². The number of piperidine rings is 3. The molecule has 5 nitrogen and oxygen atoms in total. The van der Waals surface area contributed by atoms with Gasteiger partial charge in [-0.2, -0.15) is 5.10 Å². The fourth-order valence-corrected chi connectivity index (χ4v) is 6.39. The maximum absolute atomic E-state index is 13.7. The summed E-state index contributed by atoms with van der Waals surface area (Å²) in [6.45, 7) is 5.34. The third kappa shape index (κ3) is 2.35. The maximum Gasteiger partial charge on any atom is 0.274 e. The van der Waals surface area contributed by atoms with Crippen molar-refractivity contribution in [2.45, 2.75) is 57.0 Å². The lowest BCUT2D eigenvalue weighted by Crippen LogP contribution is -2.60. The predicted molar refractivity (Wildman–Crippen MR) is 107 cm³/mol. The summed E-state index contributed by atoms with van der Waals surface area (Å²) >= 11 is 0. The van der Waals surface area contributed by atoms with E-state index in [1.165, 1.54) is 48.3 Å². The number of aromatic nitrogens is 2. The molecule has 1 N–H and O–H groups in total. The number of nitrogens with one attached hydrogen (secondary N) is 1. The molecule has 2 aromatic rings. The van der Waals surface area contributed by atoms with E-state index >= 15 is 0 Å². The number of carbonyl (C=O) groups excluding carboxylic acids is 1. The molecule has 3 unspecified atom stereocenters. The number of likely N-dealkylation sites (tertiary alicyclic amines) is 1. The van der Waals surface area contributed by atoms with Gasteiger partial charge < -0.3 is 4.90 Å². The van der Waals surface area contributed by atoms with Crippen molar-refractivity contribution in [2.24, 2.45) is 5.92 Å². The number of aryl methyl sites for hydroxylation is 2. The molecule has 4 saturated heterocycles. The normalized spacial score (nSPS) is 33.2. The number of rotatable bonds is 2. The van der Waals surface area contributed by atoms with Crippen LogP contribution in [0.3, 0.4) is 0 Å². The fraction of sp³-hybridized carbons (Fsp3) is 0.565. The molecule has 5 heterocycles. The third-order valence-electron chi connectivity index (χ3n) is 7.77. The number of amides is 1. The molecule has 0 saturated carbocycles. The zero-order valence-corrected chi connectivity index (χ0v) is 16.5. The van der Waals surface area contributed by atoms with Crippen molar-refractivity contribution >= 4 is 5.91 Å². The number of nitrogens with zero attached hydrogens (tertiary/aromatic N) is 3. The van der Waals surface area contributed by atoms with Crippen LogP contribution < -0.4 is 0 Å². The van der Waals surface area contributed by atoms with Gasteiger partial charge in [0, 0.05) is 29.8 Å². The van der Waals surface area contributed by atoms with Gasteiger partial charge in [-0.3, -0.25) is 14.8 Å². The molecule has 1 aliphatic carbocycles. The summed E-state index contributed by atoms with van der Waals surface area (Å²) in [7, 11) is 0. The Hall–Kier alpha value is -2.14. The smallest absolute Gasteiger partial charge is 0.274 e.